The molecule has 1 aliphatic rings. The molecule has 0 aromatic heterocycles. The molecule has 0 saturated carbocycles. The topological polar surface area (TPSA) is 77.3 Å². The quantitative estimate of drug-likeness (QED) is 0.605. The van der Waals surface area contributed by atoms with Crippen molar-refractivity contribution in [2.45, 2.75) is 45.8 Å². The van der Waals surface area contributed by atoms with E-state index in [0.717, 1.165) is 26.1 Å². The van der Waals surface area contributed by atoms with E-state index in [1.54, 1.807) is 19.2 Å². The molecule has 7 nitrogen and oxygen atoms in total. The van der Waals surface area contributed by atoms with Crippen molar-refractivity contribution in [1.29, 1.82) is 0 Å². The molecule has 1 aromatic carbocycles. The summed E-state index contributed by atoms with van der Waals surface area (Å²) >= 11 is 0. The molecule has 1 saturated heterocycles. The van der Waals surface area contributed by atoms with Gasteiger partial charge in [-0.15, -0.1) is 0 Å². The van der Waals surface area contributed by atoms with Crippen LogP contribution in [0.5, 0.6) is 11.5 Å². The largest absolute Gasteiger partial charge is 0.493 e. The Morgan fingerprint density at radius 3 is 2.63 bits per heavy atom. The van der Waals surface area contributed by atoms with Crippen LogP contribution in [-0.2, 0) is 4.74 Å². The fourth-order valence-electron chi connectivity index (χ4n) is 3.10. The minimum atomic E-state index is -0.464. The van der Waals surface area contributed by atoms with Gasteiger partial charge in [0.05, 0.1) is 13.7 Å². The van der Waals surface area contributed by atoms with Crippen LogP contribution in [0.4, 0.5) is 10.5 Å². The van der Waals surface area contributed by atoms with Gasteiger partial charge in [0, 0.05) is 44.0 Å². The number of carbonyl (C=O) groups is 1. The lowest BCUT2D eigenvalue weighted by atomic mass is 10.2. The average molecular weight is 380 g/mol. The van der Waals surface area contributed by atoms with E-state index in [-0.39, 0.29) is 12.1 Å². The SMILES string of the molecule is COc1cc(N)ccc1OCCCN1CCN(C(=O)OC(C)(C)C)[C@@H](C)C1. The first kappa shape index (κ1) is 21.2. The maximum absolute atomic E-state index is 12.3. The highest BCUT2D eigenvalue weighted by molar-refractivity contribution is 5.68. The standard InChI is InChI=1S/C20H33N3O4/c1-15-14-22(10-11-23(15)19(24)27-20(2,3)4)9-6-12-26-17-8-7-16(21)13-18(17)25-5/h7-8,13,15H,6,9-12,14,21H2,1-5H3/t15-/m0/s1. The normalized spacial score (nSPS) is 18.3. The molecule has 2 rings (SSSR count). The second-order valence-electron chi connectivity index (χ2n) is 7.94. The fourth-order valence-corrected chi connectivity index (χ4v) is 3.10. The Balaban J connectivity index is 1.73. The zero-order chi connectivity index (χ0) is 20.0. The Morgan fingerprint density at radius 1 is 1.26 bits per heavy atom. The van der Waals surface area contributed by atoms with Crippen molar-refractivity contribution in [3.63, 3.8) is 0 Å². The third-order valence-corrected chi connectivity index (χ3v) is 4.40. The summed E-state index contributed by atoms with van der Waals surface area (Å²) in [6, 6.07) is 5.52. The molecule has 0 radical (unpaired) electrons. The van der Waals surface area contributed by atoms with Crippen LogP contribution < -0.4 is 15.2 Å². The Labute approximate surface area is 162 Å². The van der Waals surface area contributed by atoms with E-state index < -0.39 is 5.60 Å². The van der Waals surface area contributed by atoms with Gasteiger partial charge in [-0.05, 0) is 46.2 Å². The van der Waals surface area contributed by atoms with Crippen molar-refractivity contribution in [3.05, 3.63) is 18.2 Å². The minimum Gasteiger partial charge on any atom is -0.493 e. The molecule has 0 aliphatic carbocycles. The van der Waals surface area contributed by atoms with Gasteiger partial charge in [-0.25, -0.2) is 4.79 Å². The van der Waals surface area contributed by atoms with E-state index in [9.17, 15) is 4.79 Å². The molecule has 1 atom stereocenters. The number of ether oxygens (including phenoxy) is 3. The molecular weight excluding hydrogens is 346 g/mol. The van der Waals surface area contributed by atoms with E-state index in [1.165, 1.54) is 0 Å². The van der Waals surface area contributed by atoms with Gasteiger partial charge in [-0.2, -0.15) is 0 Å². The summed E-state index contributed by atoms with van der Waals surface area (Å²) in [5.41, 5.74) is 5.94. The van der Waals surface area contributed by atoms with Crippen LogP contribution in [0.15, 0.2) is 18.2 Å². The van der Waals surface area contributed by atoms with Gasteiger partial charge in [0.25, 0.3) is 0 Å². The van der Waals surface area contributed by atoms with E-state index in [1.807, 2.05) is 31.7 Å². The predicted octanol–water partition coefficient (Wildman–Crippen LogP) is 2.99. The Hall–Kier alpha value is -2.15. The molecule has 0 spiro atoms. The van der Waals surface area contributed by atoms with Crippen molar-refractivity contribution in [2.75, 3.05) is 45.6 Å². The first-order valence-electron chi connectivity index (χ1n) is 9.48. The lowest BCUT2D eigenvalue weighted by molar-refractivity contribution is 0.00105. The van der Waals surface area contributed by atoms with Crippen molar-refractivity contribution in [1.82, 2.24) is 9.80 Å². The average Bonchev–Trinajstić information content (AvgIpc) is 2.58. The molecule has 152 valence electrons. The number of anilines is 1. The van der Waals surface area contributed by atoms with Gasteiger partial charge in [-0.1, -0.05) is 0 Å². The van der Waals surface area contributed by atoms with Crippen LogP contribution in [-0.4, -0.2) is 67.4 Å². The summed E-state index contributed by atoms with van der Waals surface area (Å²) in [5.74, 6) is 1.35. The Kier molecular flexibility index (Phi) is 7.18. The number of nitrogens with two attached hydrogens (primary N) is 1. The Morgan fingerprint density at radius 2 is 2.00 bits per heavy atom. The molecule has 0 unspecified atom stereocenters. The van der Waals surface area contributed by atoms with Gasteiger partial charge in [0.15, 0.2) is 11.5 Å². The molecule has 7 heteroatoms. The molecule has 0 bridgehead atoms. The van der Waals surface area contributed by atoms with E-state index in [4.69, 9.17) is 19.9 Å². The van der Waals surface area contributed by atoms with Crippen molar-refractivity contribution < 1.29 is 19.0 Å². The minimum absolute atomic E-state index is 0.131. The lowest BCUT2D eigenvalue weighted by Crippen LogP contribution is -2.55. The molecule has 27 heavy (non-hydrogen) atoms. The number of benzene rings is 1. The van der Waals surface area contributed by atoms with Crippen molar-refractivity contribution >= 4 is 11.8 Å². The number of amides is 1. The number of piperazine rings is 1. The van der Waals surface area contributed by atoms with Crippen molar-refractivity contribution in [2.24, 2.45) is 0 Å². The zero-order valence-corrected chi connectivity index (χ0v) is 17.2. The number of hydrogen-bond donors (Lipinski definition) is 1. The second kappa shape index (κ2) is 9.17. The van der Waals surface area contributed by atoms with Gasteiger partial charge >= 0.3 is 6.09 Å². The summed E-state index contributed by atoms with van der Waals surface area (Å²) in [6.07, 6.45) is 0.667. The first-order chi connectivity index (χ1) is 12.7. The van der Waals surface area contributed by atoms with Gasteiger partial charge < -0.3 is 24.8 Å². The van der Waals surface area contributed by atoms with Crippen molar-refractivity contribution in [3.8, 4) is 11.5 Å². The Bertz CT molecular complexity index is 630. The summed E-state index contributed by atoms with van der Waals surface area (Å²) in [6.45, 7) is 11.6. The highest BCUT2D eigenvalue weighted by atomic mass is 16.6. The smallest absolute Gasteiger partial charge is 0.410 e. The van der Waals surface area contributed by atoms with E-state index in [2.05, 4.69) is 11.8 Å². The van der Waals surface area contributed by atoms with Crippen LogP contribution in [0, 0.1) is 0 Å². The van der Waals surface area contributed by atoms with Crippen LogP contribution in [0.3, 0.4) is 0 Å². The van der Waals surface area contributed by atoms with Crippen LogP contribution >= 0.6 is 0 Å². The van der Waals surface area contributed by atoms with E-state index in [0.29, 0.717) is 30.3 Å². The molecular formula is C20H33N3O4. The summed E-state index contributed by atoms with van der Waals surface area (Å²) in [7, 11) is 1.60. The highest BCUT2D eigenvalue weighted by Crippen LogP contribution is 2.29. The molecule has 1 fully saturated rings. The molecule has 1 amide bonds. The predicted molar refractivity (Wildman–Crippen MR) is 106 cm³/mol. The monoisotopic (exact) mass is 379 g/mol. The second-order valence-corrected chi connectivity index (χ2v) is 7.94. The molecule has 1 heterocycles. The van der Waals surface area contributed by atoms with Crippen LogP contribution in [0.25, 0.3) is 0 Å². The van der Waals surface area contributed by atoms with Gasteiger partial charge in [-0.3, -0.25) is 4.90 Å². The molecule has 1 aromatic rings. The third kappa shape index (κ3) is 6.50. The van der Waals surface area contributed by atoms with E-state index >= 15 is 0 Å². The zero-order valence-electron chi connectivity index (χ0n) is 17.2. The molecule has 1 aliphatic heterocycles. The summed E-state index contributed by atoms with van der Waals surface area (Å²) in [4.78, 5) is 16.5. The first-order valence-corrected chi connectivity index (χ1v) is 9.48. The highest BCUT2D eigenvalue weighted by Gasteiger charge is 2.30. The lowest BCUT2D eigenvalue weighted by Gasteiger charge is -2.40. The number of methoxy groups -OCH3 is 1. The number of hydrogen-bond acceptors (Lipinski definition) is 6. The third-order valence-electron chi connectivity index (χ3n) is 4.40. The summed E-state index contributed by atoms with van der Waals surface area (Å²) in [5, 5.41) is 0. The number of nitrogens with zero attached hydrogens (tertiary/aromatic N) is 2. The van der Waals surface area contributed by atoms with Crippen LogP contribution in [0.2, 0.25) is 0 Å². The summed E-state index contributed by atoms with van der Waals surface area (Å²) < 4.78 is 16.6. The number of carbonyl (C=O) groups excluding carboxylic acids is 1. The van der Waals surface area contributed by atoms with Gasteiger partial charge in [0.1, 0.15) is 5.60 Å². The fraction of sp³-hybridized carbons (Fsp3) is 0.650. The van der Waals surface area contributed by atoms with Crippen LogP contribution in [0.1, 0.15) is 34.1 Å². The maximum Gasteiger partial charge on any atom is 0.410 e. The molecule has 2 N–H and O–H groups in total. The number of nitrogen functional groups attached to an aromatic ring is 1. The van der Waals surface area contributed by atoms with Gasteiger partial charge in [0.2, 0.25) is 0 Å². The maximum atomic E-state index is 12.3. The number of rotatable bonds is 6.